The average Bonchev–Trinajstić information content (AvgIpc) is 2.90. The molecule has 5 nitrogen and oxygen atoms in total. The van der Waals surface area contributed by atoms with Gasteiger partial charge >= 0.3 is 5.76 Å². The summed E-state index contributed by atoms with van der Waals surface area (Å²) in [5.74, 6) is -4.07. The zero-order valence-corrected chi connectivity index (χ0v) is 15.1. The minimum Gasteiger partial charge on any atom is -0.337 e. The lowest BCUT2D eigenvalue weighted by molar-refractivity contribution is 0.0534. The summed E-state index contributed by atoms with van der Waals surface area (Å²) in [6.07, 6.45) is 0.584. The number of nitrogens with zero attached hydrogens (tertiary/aromatic N) is 1. The molecule has 1 atom stereocenters. The molecule has 1 saturated heterocycles. The molecule has 0 spiro atoms. The van der Waals surface area contributed by atoms with E-state index < -0.39 is 26.4 Å². The standard InChI is InChI=1S/C13H18F2N2O3S2.ClH/c1-13(2)7-17(5-3-9(13)16)11(18)10-8(4-6-21-10)22(19,20)12(14)15;/h4,6,9,12H,3,5,7,16H2,1-2H3;1H. The van der Waals surface area contributed by atoms with Gasteiger partial charge in [0.25, 0.3) is 5.91 Å². The number of nitrogens with two attached hydrogens (primary N) is 1. The van der Waals surface area contributed by atoms with Crippen molar-refractivity contribution >= 4 is 39.5 Å². The topological polar surface area (TPSA) is 80.5 Å². The Morgan fingerprint density at radius 3 is 2.61 bits per heavy atom. The molecule has 0 aliphatic carbocycles. The van der Waals surface area contributed by atoms with Crippen molar-refractivity contribution in [2.45, 2.75) is 37.0 Å². The van der Waals surface area contributed by atoms with Crippen molar-refractivity contribution in [3.05, 3.63) is 16.3 Å². The molecule has 1 amide bonds. The van der Waals surface area contributed by atoms with Gasteiger partial charge in [0.2, 0.25) is 9.84 Å². The highest BCUT2D eigenvalue weighted by molar-refractivity contribution is 7.92. The summed E-state index contributed by atoms with van der Waals surface area (Å²) in [5.41, 5.74) is 5.69. The maximum atomic E-state index is 12.7. The van der Waals surface area contributed by atoms with E-state index in [2.05, 4.69) is 0 Å². The highest BCUT2D eigenvalue weighted by Gasteiger charge is 2.38. The Labute approximate surface area is 144 Å². The molecule has 0 saturated carbocycles. The van der Waals surface area contributed by atoms with Crippen LogP contribution in [0.1, 0.15) is 29.9 Å². The number of amides is 1. The van der Waals surface area contributed by atoms with Gasteiger partial charge < -0.3 is 10.6 Å². The Bertz CT molecular complexity index is 677. The third-order valence-corrected chi connectivity index (χ3v) is 6.42. The number of carbonyl (C=O) groups is 1. The molecular weight excluding hydrogens is 370 g/mol. The van der Waals surface area contributed by atoms with E-state index in [0.717, 1.165) is 17.4 Å². The maximum absolute atomic E-state index is 12.7. The highest BCUT2D eigenvalue weighted by Crippen LogP contribution is 2.32. The van der Waals surface area contributed by atoms with Gasteiger partial charge in [-0.3, -0.25) is 4.79 Å². The fourth-order valence-electron chi connectivity index (χ4n) is 2.46. The van der Waals surface area contributed by atoms with E-state index in [4.69, 9.17) is 5.73 Å². The molecule has 0 bridgehead atoms. The summed E-state index contributed by atoms with van der Waals surface area (Å²) in [6.45, 7) is 4.58. The van der Waals surface area contributed by atoms with E-state index in [1.807, 2.05) is 13.8 Å². The van der Waals surface area contributed by atoms with Gasteiger partial charge in [-0.1, -0.05) is 13.8 Å². The van der Waals surface area contributed by atoms with E-state index in [-0.39, 0.29) is 28.7 Å². The van der Waals surface area contributed by atoms with Gasteiger partial charge in [-0.2, -0.15) is 8.78 Å². The number of sulfone groups is 1. The van der Waals surface area contributed by atoms with Crippen LogP contribution in [-0.4, -0.2) is 44.1 Å². The van der Waals surface area contributed by atoms with Gasteiger partial charge in [0.15, 0.2) is 0 Å². The van der Waals surface area contributed by atoms with Crippen molar-refractivity contribution in [2.75, 3.05) is 13.1 Å². The lowest BCUT2D eigenvalue weighted by Gasteiger charge is -2.42. The molecule has 1 unspecified atom stereocenters. The largest absolute Gasteiger partial charge is 0.341 e. The molecule has 0 radical (unpaired) electrons. The summed E-state index contributed by atoms with van der Waals surface area (Å²) < 4.78 is 48.7. The fourth-order valence-corrected chi connectivity index (χ4v) is 4.59. The van der Waals surface area contributed by atoms with Gasteiger partial charge in [0.05, 0.1) is 4.90 Å². The van der Waals surface area contributed by atoms with E-state index >= 15 is 0 Å². The molecule has 132 valence electrons. The third-order valence-electron chi connectivity index (χ3n) is 3.96. The van der Waals surface area contributed by atoms with Crippen LogP contribution < -0.4 is 5.73 Å². The number of likely N-dealkylation sites (tertiary alicyclic amines) is 1. The third kappa shape index (κ3) is 3.84. The molecule has 1 aromatic heterocycles. The van der Waals surface area contributed by atoms with Gasteiger partial charge in [0.1, 0.15) is 4.88 Å². The van der Waals surface area contributed by atoms with Crippen molar-refractivity contribution in [3.8, 4) is 0 Å². The molecule has 1 aliphatic heterocycles. The van der Waals surface area contributed by atoms with Crippen molar-refractivity contribution < 1.29 is 22.0 Å². The fraction of sp³-hybridized carbons (Fsp3) is 0.615. The van der Waals surface area contributed by atoms with Crippen LogP contribution in [0.25, 0.3) is 0 Å². The van der Waals surface area contributed by atoms with Crippen LogP contribution in [0.2, 0.25) is 0 Å². The second-order valence-corrected chi connectivity index (χ2v) is 8.83. The molecule has 10 heteroatoms. The number of thiophene rings is 1. The van der Waals surface area contributed by atoms with Crippen molar-refractivity contribution in [2.24, 2.45) is 11.1 Å². The van der Waals surface area contributed by atoms with Gasteiger partial charge in [-0.25, -0.2) is 8.42 Å². The lowest BCUT2D eigenvalue weighted by atomic mass is 9.79. The molecule has 23 heavy (non-hydrogen) atoms. The molecule has 1 fully saturated rings. The molecule has 1 aromatic rings. The Morgan fingerprint density at radius 1 is 1.48 bits per heavy atom. The van der Waals surface area contributed by atoms with E-state index in [1.165, 1.54) is 10.3 Å². The monoisotopic (exact) mass is 388 g/mol. The van der Waals surface area contributed by atoms with Crippen molar-refractivity contribution in [1.82, 2.24) is 4.90 Å². The Kier molecular flexibility index (Phi) is 6.17. The molecule has 2 heterocycles. The number of carbonyl (C=O) groups excluding carboxylic acids is 1. The van der Waals surface area contributed by atoms with Gasteiger partial charge in [-0.15, -0.1) is 23.7 Å². The minimum absolute atomic E-state index is 0. The normalized spacial score (nSPS) is 21.1. The van der Waals surface area contributed by atoms with Crippen molar-refractivity contribution in [1.29, 1.82) is 0 Å². The lowest BCUT2D eigenvalue weighted by Crippen LogP contribution is -2.54. The van der Waals surface area contributed by atoms with Gasteiger partial charge in [-0.05, 0) is 23.3 Å². The van der Waals surface area contributed by atoms with Crippen LogP contribution in [0.5, 0.6) is 0 Å². The smallest absolute Gasteiger partial charge is 0.337 e. The number of hydrogen-bond donors (Lipinski definition) is 1. The second kappa shape index (κ2) is 7.00. The second-order valence-electron chi connectivity index (χ2n) is 6.03. The van der Waals surface area contributed by atoms with Gasteiger partial charge in [0, 0.05) is 19.1 Å². The SMILES string of the molecule is CC1(C)CN(C(=O)c2sccc2S(=O)(=O)C(F)F)CCC1N.Cl. The van der Waals surface area contributed by atoms with Crippen LogP contribution >= 0.6 is 23.7 Å². The summed E-state index contributed by atoms with van der Waals surface area (Å²) in [7, 11) is -4.78. The Balaban J connectivity index is 0.00000264. The van der Waals surface area contributed by atoms with Crippen LogP contribution in [0.15, 0.2) is 16.3 Å². The molecular formula is C13H19ClF2N2O3S2. The van der Waals surface area contributed by atoms with Crippen molar-refractivity contribution in [3.63, 3.8) is 0 Å². The van der Waals surface area contributed by atoms with E-state index in [9.17, 15) is 22.0 Å². The first-order chi connectivity index (χ1) is 10.1. The first-order valence-electron chi connectivity index (χ1n) is 6.72. The predicted octanol–water partition coefficient (Wildman–Crippen LogP) is 2.37. The number of rotatable bonds is 3. The van der Waals surface area contributed by atoms with Crippen LogP contribution in [0.3, 0.4) is 0 Å². The first kappa shape index (κ1) is 20.3. The van der Waals surface area contributed by atoms with E-state index in [1.54, 1.807) is 0 Å². The zero-order chi connectivity index (χ0) is 16.7. The zero-order valence-electron chi connectivity index (χ0n) is 12.7. The maximum Gasteiger partial charge on any atom is 0.341 e. The summed E-state index contributed by atoms with van der Waals surface area (Å²) in [4.78, 5) is 13.3. The first-order valence-corrected chi connectivity index (χ1v) is 9.14. The average molecular weight is 389 g/mol. The molecule has 1 aliphatic rings. The van der Waals surface area contributed by atoms with E-state index in [0.29, 0.717) is 19.5 Å². The Hall–Kier alpha value is -0.770. The number of halogens is 3. The number of alkyl halides is 2. The Morgan fingerprint density at radius 2 is 2.09 bits per heavy atom. The number of piperidine rings is 1. The summed E-state index contributed by atoms with van der Waals surface area (Å²) in [5, 5.41) is 1.34. The quantitative estimate of drug-likeness (QED) is 0.861. The minimum atomic E-state index is -4.78. The molecule has 2 N–H and O–H groups in total. The van der Waals surface area contributed by atoms with Crippen LogP contribution in [-0.2, 0) is 9.84 Å². The predicted molar refractivity (Wildman–Crippen MR) is 87.0 cm³/mol. The number of hydrogen-bond acceptors (Lipinski definition) is 5. The summed E-state index contributed by atoms with van der Waals surface area (Å²) >= 11 is 0.862. The van der Waals surface area contributed by atoms with Crippen LogP contribution in [0, 0.1) is 5.41 Å². The summed E-state index contributed by atoms with van der Waals surface area (Å²) in [6, 6.07) is 0.990. The van der Waals surface area contributed by atoms with Crippen LogP contribution in [0.4, 0.5) is 8.78 Å². The molecule has 2 rings (SSSR count). The highest BCUT2D eigenvalue weighted by atomic mass is 35.5. The molecule has 0 aromatic carbocycles.